The summed E-state index contributed by atoms with van der Waals surface area (Å²) in [5.74, 6) is -3.95. The van der Waals surface area contributed by atoms with Crippen molar-refractivity contribution in [2.75, 3.05) is 38.2 Å². The van der Waals surface area contributed by atoms with Gasteiger partial charge >= 0.3 is 47.4 Å². The zero-order valence-corrected chi connectivity index (χ0v) is 21.0. The average molecular weight is 487 g/mol. The molecule has 2 atom stereocenters. The van der Waals surface area contributed by atoms with Crippen molar-refractivity contribution in [1.29, 1.82) is 0 Å². The Morgan fingerprint density at radius 2 is 1.87 bits per heavy atom. The normalized spacial score (nSPS) is 20.2. The molecule has 16 heteroatoms. The van der Waals surface area contributed by atoms with E-state index in [4.69, 9.17) is 5.73 Å². The topological polar surface area (TPSA) is 182 Å². The van der Waals surface area contributed by atoms with Gasteiger partial charge in [0.05, 0.1) is 12.6 Å². The van der Waals surface area contributed by atoms with Gasteiger partial charge in [-0.2, -0.15) is 11.8 Å². The Morgan fingerprint density at radius 1 is 1.26 bits per heavy atom. The van der Waals surface area contributed by atoms with E-state index in [2.05, 4.69) is 0 Å². The zero-order chi connectivity index (χ0) is 22.8. The van der Waals surface area contributed by atoms with Crippen LogP contribution >= 0.6 is 11.8 Å². The minimum Gasteiger partial charge on any atom is -0.731 e. The number of β-lactam (4-membered cyclic amide) rings is 1. The van der Waals surface area contributed by atoms with Crippen molar-refractivity contribution >= 4 is 51.7 Å². The molecule has 2 fully saturated rings. The fourth-order valence-corrected chi connectivity index (χ4v) is 4.14. The van der Waals surface area contributed by atoms with E-state index in [0.717, 1.165) is 0 Å². The fraction of sp³-hybridized carbons (Fsp3) is 0.667. The molecule has 2 N–H and O–H groups in total. The van der Waals surface area contributed by atoms with E-state index in [9.17, 15) is 36.9 Å². The molecular weight excluding hydrogens is 465 g/mol. The van der Waals surface area contributed by atoms with Crippen LogP contribution in [0.25, 0.3) is 0 Å². The minimum absolute atomic E-state index is 0. The van der Waals surface area contributed by atoms with E-state index in [-0.39, 0.29) is 59.9 Å². The number of nitrogens with zero attached hydrogens (tertiary/aromatic N) is 4. The number of hydrogen-bond acceptors (Lipinski definition) is 10. The number of nitrogens with two attached hydrogens (primary N) is 1. The second-order valence-electron chi connectivity index (χ2n) is 6.56. The monoisotopic (exact) mass is 487 g/mol. The fourth-order valence-electron chi connectivity index (χ4n) is 2.99. The van der Waals surface area contributed by atoms with Crippen LogP contribution in [0, 0.1) is 0 Å². The summed E-state index contributed by atoms with van der Waals surface area (Å²) in [4.78, 5) is 64.6. The van der Waals surface area contributed by atoms with Crippen LogP contribution in [0.5, 0.6) is 0 Å². The summed E-state index contributed by atoms with van der Waals surface area (Å²) in [6.45, 7) is 0.966. The number of amides is 6. The number of rotatable bonds is 7. The molecule has 2 heterocycles. The van der Waals surface area contributed by atoms with E-state index in [1.807, 2.05) is 0 Å². The summed E-state index contributed by atoms with van der Waals surface area (Å²) in [7, 11) is -5.11. The first-order valence-corrected chi connectivity index (χ1v) is 11.7. The number of carbonyl (C=O) groups is 5. The first-order valence-electron chi connectivity index (χ1n) is 8.95. The van der Waals surface area contributed by atoms with Crippen LogP contribution in [0.4, 0.5) is 4.79 Å². The molecule has 0 bridgehead atoms. The van der Waals surface area contributed by atoms with Gasteiger partial charge in [-0.1, -0.05) is 0 Å². The van der Waals surface area contributed by atoms with Crippen LogP contribution in [0.15, 0.2) is 0 Å². The SMILES string of the molecule is CCN1CCN(C(=O)N(C(=O)[C@H](N)CCSC)C2CN(S(=O)(=O)[O-])C2=O)C(=O)C1=O.[Na+]. The molecule has 1 unspecified atom stereocenters. The molecule has 0 aromatic carbocycles. The Hall–Kier alpha value is -1.23. The standard InChI is InChI=1S/C15H23N5O8S2.Na/c1-3-17-5-6-18(14(24)13(17)23)15(25)20(11(21)9(16)4-7-29-2)10-8-19(12(10)22)30(26,27)28;/h9-10H,3-8,16H2,1-2H3,(H,26,27,28);/q;+1/p-1/t9-,10?;/m1./s1. The van der Waals surface area contributed by atoms with Gasteiger partial charge in [0.1, 0.15) is 6.04 Å². The summed E-state index contributed by atoms with van der Waals surface area (Å²) in [5, 5.41) is 0. The van der Waals surface area contributed by atoms with E-state index in [1.54, 1.807) is 13.2 Å². The van der Waals surface area contributed by atoms with Crippen molar-refractivity contribution in [1.82, 2.24) is 19.0 Å². The number of imide groups is 2. The van der Waals surface area contributed by atoms with Gasteiger partial charge in [0.25, 0.3) is 5.91 Å². The van der Waals surface area contributed by atoms with Crippen molar-refractivity contribution < 1.29 is 66.5 Å². The predicted octanol–water partition coefficient (Wildman–Crippen LogP) is -5.62. The number of urea groups is 1. The Morgan fingerprint density at radius 3 is 2.35 bits per heavy atom. The van der Waals surface area contributed by atoms with Gasteiger partial charge in [0.15, 0.2) is 10.3 Å². The molecule has 0 aromatic rings. The number of carbonyl (C=O) groups excluding carboxylic acids is 5. The molecule has 2 aliphatic heterocycles. The molecule has 0 aliphatic carbocycles. The number of thioether (sulfide) groups is 1. The molecule has 31 heavy (non-hydrogen) atoms. The van der Waals surface area contributed by atoms with Crippen molar-refractivity contribution in [3.63, 3.8) is 0 Å². The third-order valence-electron chi connectivity index (χ3n) is 4.77. The van der Waals surface area contributed by atoms with Gasteiger partial charge in [-0.3, -0.25) is 24.1 Å². The van der Waals surface area contributed by atoms with Crippen LogP contribution in [0.3, 0.4) is 0 Å². The Labute approximate surface area is 205 Å². The summed E-state index contributed by atoms with van der Waals surface area (Å²) < 4.78 is 33.2. The van der Waals surface area contributed by atoms with E-state index in [0.29, 0.717) is 15.6 Å². The van der Waals surface area contributed by atoms with Crippen LogP contribution in [0.2, 0.25) is 0 Å². The molecule has 2 saturated heterocycles. The van der Waals surface area contributed by atoms with Gasteiger partial charge in [0.2, 0.25) is 5.91 Å². The molecule has 2 aliphatic rings. The van der Waals surface area contributed by atoms with Gasteiger partial charge in [0, 0.05) is 19.6 Å². The molecule has 6 amide bonds. The zero-order valence-electron chi connectivity index (χ0n) is 17.3. The van der Waals surface area contributed by atoms with Crippen molar-refractivity contribution in [3.05, 3.63) is 0 Å². The largest absolute Gasteiger partial charge is 1.00 e. The Bertz CT molecular complexity index is 869. The molecular formula is C15H22N5NaO8S2. The molecule has 0 spiro atoms. The van der Waals surface area contributed by atoms with Crippen molar-refractivity contribution in [2.45, 2.75) is 25.4 Å². The third kappa shape index (κ3) is 5.77. The third-order valence-corrected chi connectivity index (χ3v) is 6.28. The average Bonchev–Trinajstić information content (AvgIpc) is 2.68. The predicted molar refractivity (Wildman–Crippen MR) is 102 cm³/mol. The summed E-state index contributed by atoms with van der Waals surface area (Å²) in [5.41, 5.74) is 5.82. The Kier molecular flexibility index (Phi) is 9.93. The molecule has 2 rings (SSSR count). The van der Waals surface area contributed by atoms with Crippen LogP contribution in [-0.2, 0) is 29.5 Å². The van der Waals surface area contributed by atoms with E-state index < -0.39 is 58.6 Å². The maximum absolute atomic E-state index is 13.0. The van der Waals surface area contributed by atoms with Gasteiger partial charge in [-0.05, 0) is 25.4 Å². The quantitative estimate of drug-likeness (QED) is 0.157. The van der Waals surface area contributed by atoms with E-state index in [1.165, 1.54) is 16.7 Å². The molecule has 0 saturated carbocycles. The second kappa shape index (κ2) is 11.1. The second-order valence-corrected chi connectivity index (χ2v) is 8.85. The maximum atomic E-state index is 13.0. The van der Waals surface area contributed by atoms with Crippen LogP contribution < -0.4 is 35.3 Å². The Balaban J connectivity index is 0.00000480. The van der Waals surface area contributed by atoms with Crippen LogP contribution in [0.1, 0.15) is 13.3 Å². The summed E-state index contributed by atoms with van der Waals surface area (Å²) in [6, 6.07) is -4.08. The number of hydrogen-bond donors (Lipinski definition) is 1. The molecule has 0 aromatic heterocycles. The van der Waals surface area contributed by atoms with Crippen molar-refractivity contribution in [2.24, 2.45) is 5.73 Å². The number of likely N-dealkylation sites (N-methyl/N-ethyl adjacent to an activating group) is 1. The first kappa shape index (κ1) is 27.8. The smallest absolute Gasteiger partial charge is 0.731 e. The first-order chi connectivity index (χ1) is 13.9. The van der Waals surface area contributed by atoms with Crippen molar-refractivity contribution in [3.8, 4) is 0 Å². The molecule has 0 radical (unpaired) electrons. The maximum Gasteiger partial charge on any atom is 1.00 e. The minimum atomic E-state index is -5.11. The molecule has 13 nitrogen and oxygen atoms in total. The summed E-state index contributed by atoms with van der Waals surface area (Å²) in [6.07, 6.45) is 1.91. The van der Waals surface area contributed by atoms with E-state index >= 15 is 0 Å². The van der Waals surface area contributed by atoms with Gasteiger partial charge in [-0.15, -0.1) is 0 Å². The van der Waals surface area contributed by atoms with Crippen LogP contribution in [-0.4, -0.2) is 112 Å². The van der Waals surface area contributed by atoms with Gasteiger partial charge in [-0.25, -0.2) is 22.4 Å². The van der Waals surface area contributed by atoms with Gasteiger partial charge < -0.3 is 15.2 Å². The number of piperazine rings is 1. The summed E-state index contributed by atoms with van der Waals surface area (Å²) >= 11 is 1.39. The molecule has 168 valence electrons.